The van der Waals surface area contributed by atoms with Crippen LogP contribution < -0.4 is 10.6 Å². The van der Waals surface area contributed by atoms with E-state index < -0.39 is 0 Å². The summed E-state index contributed by atoms with van der Waals surface area (Å²) in [7, 11) is 0. The van der Waals surface area contributed by atoms with Crippen molar-refractivity contribution in [3.05, 3.63) is 0 Å². The molecule has 0 radical (unpaired) electrons. The molecule has 2 saturated heterocycles. The minimum absolute atomic E-state index is 0.00659. The van der Waals surface area contributed by atoms with E-state index in [2.05, 4.69) is 31.4 Å². The van der Waals surface area contributed by atoms with Crippen molar-refractivity contribution in [3.8, 4) is 0 Å². The highest BCUT2D eigenvalue weighted by Gasteiger charge is 2.41. The normalized spacial score (nSPS) is 41.8. The Bertz CT molecular complexity index is 211. The summed E-state index contributed by atoms with van der Waals surface area (Å²) in [4.78, 5) is 0. The Labute approximate surface area is 86.6 Å². The molecule has 0 aromatic rings. The maximum atomic E-state index is 6.05. The van der Waals surface area contributed by atoms with Gasteiger partial charge in [0.1, 0.15) is 5.72 Å². The third kappa shape index (κ3) is 2.27. The van der Waals surface area contributed by atoms with Crippen molar-refractivity contribution < 1.29 is 4.74 Å². The second-order valence-electron chi connectivity index (χ2n) is 5.44. The van der Waals surface area contributed by atoms with Gasteiger partial charge in [0.05, 0.1) is 5.60 Å². The van der Waals surface area contributed by atoms with Crippen LogP contribution in [0.5, 0.6) is 0 Å². The van der Waals surface area contributed by atoms with Crippen LogP contribution in [0.1, 0.15) is 40.0 Å². The maximum Gasteiger partial charge on any atom is 0.118 e. The molecule has 0 saturated carbocycles. The van der Waals surface area contributed by atoms with Gasteiger partial charge in [-0.15, -0.1) is 0 Å². The highest BCUT2D eigenvalue weighted by Crippen LogP contribution is 2.30. The Morgan fingerprint density at radius 3 is 2.64 bits per heavy atom. The second kappa shape index (κ2) is 3.47. The van der Waals surface area contributed by atoms with E-state index in [9.17, 15) is 0 Å². The van der Waals surface area contributed by atoms with E-state index in [1.165, 1.54) is 19.4 Å². The summed E-state index contributed by atoms with van der Waals surface area (Å²) < 4.78 is 6.05. The number of hydrogen-bond donors (Lipinski definition) is 2. The van der Waals surface area contributed by atoms with Gasteiger partial charge in [-0.2, -0.15) is 0 Å². The molecule has 0 bridgehead atoms. The van der Waals surface area contributed by atoms with Gasteiger partial charge in [-0.3, -0.25) is 5.32 Å². The molecule has 82 valence electrons. The molecular weight excluding hydrogens is 176 g/mol. The van der Waals surface area contributed by atoms with Crippen LogP contribution in [0, 0.1) is 0 Å². The zero-order chi connectivity index (χ0) is 10.2. The Balaban J connectivity index is 1.90. The molecule has 3 heteroatoms. The predicted molar refractivity (Wildman–Crippen MR) is 57.2 cm³/mol. The molecule has 2 N–H and O–H groups in total. The van der Waals surface area contributed by atoms with Crippen LogP contribution in [0.3, 0.4) is 0 Å². The van der Waals surface area contributed by atoms with E-state index in [1.807, 2.05) is 0 Å². The van der Waals surface area contributed by atoms with Crippen LogP contribution in [0.25, 0.3) is 0 Å². The van der Waals surface area contributed by atoms with E-state index in [0.29, 0.717) is 6.04 Å². The molecule has 2 heterocycles. The maximum absolute atomic E-state index is 6.05. The first-order valence-corrected chi connectivity index (χ1v) is 5.68. The zero-order valence-electron chi connectivity index (χ0n) is 9.52. The lowest BCUT2D eigenvalue weighted by Gasteiger charge is -2.29. The van der Waals surface area contributed by atoms with Crippen LogP contribution in [-0.2, 0) is 4.74 Å². The third-order valence-corrected chi connectivity index (χ3v) is 3.19. The lowest BCUT2D eigenvalue weighted by atomic mass is 10.0. The van der Waals surface area contributed by atoms with Crippen LogP contribution in [-0.4, -0.2) is 30.5 Å². The second-order valence-corrected chi connectivity index (χ2v) is 5.44. The highest BCUT2D eigenvalue weighted by atomic mass is 16.5. The largest absolute Gasteiger partial charge is 0.354 e. The number of nitrogens with one attached hydrogen (secondary N) is 2. The van der Waals surface area contributed by atoms with Gasteiger partial charge >= 0.3 is 0 Å². The van der Waals surface area contributed by atoms with Gasteiger partial charge in [-0.05, 0) is 40.2 Å². The molecule has 2 rings (SSSR count). The third-order valence-electron chi connectivity index (χ3n) is 3.19. The molecule has 3 nitrogen and oxygen atoms in total. The fourth-order valence-electron chi connectivity index (χ4n) is 2.60. The molecule has 0 aliphatic carbocycles. The van der Waals surface area contributed by atoms with Crippen molar-refractivity contribution in [3.63, 3.8) is 0 Å². The molecular formula is C11H22N2O. The summed E-state index contributed by atoms with van der Waals surface area (Å²) in [5, 5.41) is 7.00. The van der Waals surface area contributed by atoms with Gasteiger partial charge in [0.15, 0.2) is 0 Å². The summed E-state index contributed by atoms with van der Waals surface area (Å²) in [5.74, 6) is 0. The lowest BCUT2D eigenvalue weighted by molar-refractivity contribution is -0.0870. The first-order valence-electron chi connectivity index (χ1n) is 5.68. The fourth-order valence-corrected chi connectivity index (χ4v) is 2.60. The van der Waals surface area contributed by atoms with Crippen molar-refractivity contribution >= 4 is 0 Å². The van der Waals surface area contributed by atoms with Crippen molar-refractivity contribution in [2.75, 3.05) is 13.1 Å². The summed E-state index contributed by atoms with van der Waals surface area (Å²) >= 11 is 0. The molecule has 2 aliphatic rings. The van der Waals surface area contributed by atoms with Crippen LogP contribution in [0.15, 0.2) is 0 Å². The van der Waals surface area contributed by atoms with Crippen molar-refractivity contribution in [2.45, 2.75) is 57.4 Å². The fraction of sp³-hybridized carbons (Fsp3) is 1.00. The monoisotopic (exact) mass is 198 g/mol. The summed E-state index contributed by atoms with van der Waals surface area (Å²) in [6.07, 6.45) is 3.68. The van der Waals surface area contributed by atoms with Gasteiger partial charge in [0.25, 0.3) is 0 Å². The Hall–Kier alpha value is -0.120. The molecule has 2 unspecified atom stereocenters. The molecule has 2 aliphatic heterocycles. The number of hydrogen-bond acceptors (Lipinski definition) is 3. The predicted octanol–water partition coefficient (Wildman–Crippen LogP) is 1.24. The van der Waals surface area contributed by atoms with Crippen molar-refractivity contribution in [1.29, 1.82) is 0 Å². The summed E-state index contributed by atoms with van der Waals surface area (Å²) in [6.45, 7) is 8.59. The van der Waals surface area contributed by atoms with Gasteiger partial charge in [-0.1, -0.05) is 0 Å². The highest BCUT2D eigenvalue weighted by molar-refractivity contribution is 4.93. The average molecular weight is 198 g/mol. The van der Waals surface area contributed by atoms with Gasteiger partial charge < -0.3 is 10.1 Å². The summed E-state index contributed by atoms with van der Waals surface area (Å²) in [6, 6.07) is 0.640. The van der Waals surface area contributed by atoms with E-state index in [1.54, 1.807) is 0 Å². The lowest BCUT2D eigenvalue weighted by Crippen LogP contribution is -2.43. The smallest absolute Gasteiger partial charge is 0.118 e. The van der Waals surface area contributed by atoms with E-state index in [-0.39, 0.29) is 11.3 Å². The van der Waals surface area contributed by atoms with E-state index in [4.69, 9.17) is 4.74 Å². The number of ether oxygens (including phenoxy) is 1. The van der Waals surface area contributed by atoms with Crippen molar-refractivity contribution in [2.24, 2.45) is 0 Å². The minimum atomic E-state index is -0.120. The molecule has 2 atom stereocenters. The summed E-state index contributed by atoms with van der Waals surface area (Å²) in [5.41, 5.74) is -0.126. The van der Waals surface area contributed by atoms with Gasteiger partial charge in [-0.25, -0.2) is 0 Å². The Morgan fingerprint density at radius 2 is 2.14 bits per heavy atom. The number of rotatable bonds is 2. The van der Waals surface area contributed by atoms with Crippen LogP contribution in [0.4, 0.5) is 0 Å². The average Bonchev–Trinajstić information content (AvgIpc) is 2.60. The Kier molecular flexibility index (Phi) is 2.58. The molecule has 0 aromatic heterocycles. The molecule has 0 spiro atoms. The molecule has 14 heavy (non-hydrogen) atoms. The van der Waals surface area contributed by atoms with E-state index >= 15 is 0 Å². The Morgan fingerprint density at radius 1 is 1.36 bits per heavy atom. The van der Waals surface area contributed by atoms with Crippen LogP contribution >= 0.6 is 0 Å². The molecule has 0 amide bonds. The first-order chi connectivity index (χ1) is 6.49. The van der Waals surface area contributed by atoms with Crippen molar-refractivity contribution in [1.82, 2.24) is 10.6 Å². The van der Waals surface area contributed by atoms with Gasteiger partial charge in [0.2, 0.25) is 0 Å². The standard InChI is InChI=1S/C11H22N2O/c1-10(2)8-13-11(3,14-10)7-9-5-4-6-12-9/h9,12-13H,4-8H2,1-3H3. The van der Waals surface area contributed by atoms with E-state index in [0.717, 1.165) is 13.0 Å². The molecule has 0 aromatic carbocycles. The SMILES string of the molecule is CC1(C)CNC(C)(CC2CCCN2)O1. The van der Waals surface area contributed by atoms with Crippen LogP contribution in [0.2, 0.25) is 0 Å². The molecule has 2 fully saturated rings. The van der Waals surface area contributed by atoms with Gasteiger partial charge in [0, 0.05) is 19.0 Å². The zero-order valence-corrected chi connectivity index (χ0v) is 9.52. The topological polar surface area (TPSA) is 33.3 Å². The quantitative estimate of drug-likeness (QED) is 0.700. The first kappa shape index (κ1) is 10.4. The minimum Gasteiger partial charge on any atom is -0.354 e.